The number of aromatic nitrogens is 2. The van der Waals surface area contributed by atoms with Crippen LogP contribution in [0.4, 0.5) is 0 Å². The third-order valence-corrected chi connectivity index (χ3v) is 4.23. The van der Waals surface area contributed by atoms with E-state index in [0.29, 0.717) is 18.7 Å². The predicted molar refractivity (Wildman–Crippen MR) is 91.1 cm³/mol. The Morgan fingerprint density at radius 3 is 2.91 bits per heavy atom. The smallest absolute Gasteiger partial charge is 0.251 e. The topological polar surface area (TPSA) is 55.6 Å². The molecule has 0 aliphatic carbocycles. The van der Waals surface area contributed by atoms with Gasteiger partial charge in [-0.1, -0.05) is 13.3 Å². The highest BCUT2D eigenvalue weighted by Gasteiger charge is 2.08. The molecule has 0 aliphatic rings. The fraction of sp³-hybridized carbons (Fsp3) is 0.294. The van der Waals surface area contributed by atoms with Gasteiger partial charge in [0.2, 0.25) is 0 Å². The second-order valence-electron chi connectivity index (χ2n) is 5.23. The molecule has 120 valence electrons. The van der Waals surface area contributed by atoms with Crippen molar-refractivity contribution in [1.29, 1.82) is 0 Å². The molecule has 23 heavy (non-hydrogen) atoms. The Morgan fingerprint density at radius 2 is 2.17 bits per heavy atom. The summed E-state index contributed by atoms with van der Waals surface area (Å²) in [5, 5.41) is 4.87. The highest BCUT2D eigenvalue weighted by molar-refractivity contribution is 7.15. The maximum atomic E-state index is 12.2. The molecule has 1 amide bonds. The molecule has 6 heteroatoms. The highest BCUT2D eigenvalue weighted by atomic mass is 32.1. The van der Waals surface area contributed by atoms with Crippen LogP contribution in [0.2, 0.25) is 0 Å². The molecule has 0 spiro atoms. The number of carbonyl (C=O) groups excluding carboxylic acids is 1. The van der Waals surface area contributed by atoms with Crippen LogP contribution in [0.5, 0.6) is 5.75 Å². The number of hydrogen-bond acceptors (Lipinski definition) is 4. The number of ether oxygens (including phenoxy) is 1. The van der Waals surface area contributed by atoms with Crippen LogP contribution in [-0.2, 0) is 6.54 Å². The number of nitrogens with one attached hydrogen (secondary N) is 1. The third kappa shape index (κ3) is 3.90. The summed E-state index contributed by atoms with van der Waals surface area (Å²) in [6, 6.07) is 7.22. The zero-order valence-electron chi connectivity index (χ0n) is 13.0. The summed E-state index contributed by atoms with van der Waals surface area (Å²) in [5.41, 5.74) is 1.47. The van der Waals surface area contributed by atoms with Gasteiger partial charge < -0.3 is 10.1 Å². The van der Waals surface area contributed by atoms with Gasteiger partial charge in [0.25, 0.3) is 5.91 Å². The van der Waals surface area contributed by atoms with Gasteiger partial charge in [0, 0.05) is 23.3 Å². The molecule has 0 aliphatic heterocycles. The molecular weight excluding hydrogens is 310 g/mol. The molecule has 0 bridgehead atoms. The van der Waals surface area contributed by atoms with Crippen LogP contribution in [0, 0.1) is 0 Å². The van der Waals surface area contributed by atoms with E-state index in [1.165, 1.54) is 0 Å². The van der Waals surface area contributed by atoms with E-state index in [4.69, 9.17) is 4.74 Å². The van der Waals surface area contributed by atoms with Crippen molar-refractivity contribution in [3.8, 4) is 5.75 Å². The normalized spacial score (nSPS) is 10.8. The predicted octanol–water partition coefficient (Wildman–Crippen LogP) is 3.50. The van der Waals surface area contributed by atoms with Crippen molar-refractivity contribution in [2.24, 2.45) is 0 Å². The van der Waals surface area contributed by atoms with Crippen molar-refractivity contribution in [3.63, 3.8) is 0 Å². The zero-order chi connectivity index (χ0) is 16.1. The van der Waals surface area contributed by atoms with E-state index in [9.17, 15) is 4.79 Å². The second-order valence-corrected chi connectivity index (χ2v) is 6.11. The number of hydrogen-bond donors (Lipinski definition) is 1. The van der Waals surface area contributed by atoms with E-state index >= 15 is 0 Å². The summed E-state index contributed by atoms with van der Waals surface area (Å²) in [6.07, 6.45) is 6.02. The molecule has 5 nitrogen and oxygen atoms in total. The molecule has 1 N–H and O–H groups in total. The molecule has 0 fully saturated rings. The summed E-state index contributed by atoms with van der Waals surface area (Å²) in [4.78, 5) is 17.5. The van der Waals surface area contributed by atoms with E-state index in [1.807, 2.05) is 34.3 Å². The van der Waals surface area contributed by atoms with E-state index in [-0.39, 0.29) is 5.91 Å². The lowest BCUT2D eigenvalue weighted by Crippen LogP contribution is -2.22. The minimum absolute atomic E-state index is 0.110. The number of fused-ring (bicyclic) bond motifs is 1. The number of imidazole rings is 1. The van der Waals surface area contributed by atoms with Gasteiger partial charge in [-0.15, -0.1) is 11.3 Å². The molecule has 2 heterocycles. The van der Waals surface area contributed by atoms with Crippen LogP contribution in [-0.4, -0.2) is 21.9 Å². The van der Waals surface area contributed by atoms with Crippen LogP contribution < -0.4 is 10.1 Å². The van der Waals surface area contributed by atoms with Gasteiger partial charge in [0.1, 0.15) is 5.75 Å². The summed E-state index contributed by atoms with van der Waals surface area (Å²) in [5.74, 6) is 0.686. The first kappa shape index (κ1) is 15.6. The standard InChI is InChI=1S/C17H19N3O2S/c1-2-3-9-22-15-6-4-13(5-7-15)16(21)18-11-14-12-20-8-10-23-17(20)19-14/h4-8,10,12H,2-3,9,11H2,1H3,(H,18,21). The molecule has 0 saturated carbocycles. The van der Waals surface area contributed by atoms with Gasteiger partial charge in [-0.2, -0.15) is 0 Å². The number of thiazole rings is 1. The molecule has 3 rings (SSSR count). The lowest BCUT2D eigenvalue weighted by molar-refractivity contribution is 0.0950. The Morgan fingerprint density at radius 1 is 1.35 bits per heavy atom. The maximum absolute atomic E-state index is 12.2. The van der Waals surface area contributed by atoms with Crippen LogP contribution in [0.15, 0.2) is 42.0 Å². The first-order chi connectivity index (χ1) is 11.3. The van der Waals surface area contributed by atoms with Crippen molar-refractivity contribution >= 4 is 22.2 Å². The number of amides is 1. The summed E-state index contributed by atoms with van der Waals surface area (Å²) >= 11 is 1.57. The van der Waals surface area contributed by atoms with Gasteiger partial charge in [-0.3, -0.25) is 9.20 Å². The Bertz CT molecular complexity index is 748. The minimum atomic E-state index is -0.110. The fourth-order valence-corrected chi connectivity index (χ4v) is 2.89. The molecule has 0 radical (unpaired) electrons. The number of unbranched alkanes of at least 4 members (excludes halogenated alkanes) is 1. The third-order valence-electron chi connectivity index (χ3n) is 3.46. The average molecular weight is 329 g/mol. The molecule has 2 aromatic heterocycles. The van der Waals surface area contributed by atoms with Crippen LogP contribution in [0.25, 0.3) is 4.96 Å². The van der Waals surface area contributed by atoms with E-state index in [0.717, 1.165) is 29.2 Å². The van der Waals surface area contributed by atoms with E-state index in [2.05, 4.69) is 17.2 Å². The zero-order valence-corrected chi connectivity index (χ0v) is 13.8. The second kappa shape index (κ2) is 7.28. The molecule has 1 aromatic carbocycles. The lowest BCUT2D eigenvalue weighted by Gasteiger charge is -2.07. The Hall–Kier alpha value is -2.34. The van der Waals surface area contributed by atoms with Crippen molar-refractivity contribution in [2.45, 2.75) is 26.3 Å². The monoisotopic (exact) mass is 329 g/mol. The highest BCUT2D eigenvalue weighted by Crippen LogP contribution is 2.14. The number of nitrogens with zero attached hydrogens (tertiary/aromatic N) is 2. The van der Waals surface area contributed by atoms with Crippen LogP contribution >= 0.6 is 11.3 Å². The van der Waals surface area contributed by atoms with Crippen molar-refractivity contribution in [3.05, 3.63) is 53.3 Å². The van der Waals surface area contributed by atoms with Gasteiger partial charge in [-0.25, -0.2) is 4.98 Å². The number of carbonyl (C=O) groups is 1. The van der Waals surface area contributed by atoms with Crippen LogP contribution in [0.1, 0.15) is 35.8 Å². The molecule has 3 aromatic rings. The quantitative estimate of drug-likeness (QED) is 0.675. The summed E-state index contributed by atoms with van der Waals surface area (Å²) < 4.78 is 7.54. The van der Waals surface area contributed by atoms with E-state index < -0.39 is 0 Å². The minimum Gasteiger partial charge on any atom is -0.494 e. The summed E-state index contributed by atoms with van der Waals surface area (Å²) in [7, 11) is 0. The Labute approximate surface area is 138 Å². The summed E-state index contributed by atoms with van der Waals surface area (Å²) in [6.45, 7) is 3.25. The van der Waals surface area contributed by atoms with Crippen LogP contribution in [0.3, 0.4) is 0 Å². The maximum Gasteiger partial charge on any atom is 0.251 e. The Kier molecular flexibility index (Phi) is 4.92. The largest absolute Gasteiger partial charge is 0.494 e. The van der Waals surface area contributed by atoms with Gasteiger partial charge in [0.05, 0.1) is 18.8 Å². The SMILES string of the molecule is CCCCOc1ccc(C(=O)NCc2cn3ccsc3n2)cc1. The molecule has 0 unspecified atom stereocenters. The fourth-order valence-electron chi connectivity index (χ4n) is 2.17. The molecule has 0 saturated heterocycles. The van der Waals surface area contributed by atoms with Crippen molar-refractivity contribution < 1.29 is 9.53 Å². The molecular formula is C17H19N3O2S. The number of benzene rings is 1. The van der Waals surface area contributed by atoms with Gasteiger partial charge >= 0.3 is 0 Å². The van der Waals surface area contributed by atoms with Crippen molar-refractivity contribution in [2.75, 3.05) is 6.61 Å². The van der Waals surface area contributed by atoms with Crippen molar-refractivity contribution in [1.82, 2.24) is 14.7 Å². The lowest BCUT2D eigenvalue weighted by atomic mass is 10.2. The Balaban J connectivity index is 1.54. The molecule has 0 atom stereocenters. The number of rotatable bonds is 7. The van der Waals surface area contributed by atoms with Gasteiger partial charge in [0.15, 0.2) is 4.96 Å². The average Bonchev–Trinajstić information content (AvgIpc) is 3.15. The first-order valence-electron chi connectivity index (χ1n) is 7.68. The van der Waals surface area contributed by atoms with E-state index in [1.54, 1.807) is 23.5 Å². The first-order valence-corrected chi connectivity index (χ1v) is 8.56. The van der Waals surface area contributed by atoms with Gasteiger partial charge in [-0.05, 0) is 30.7 Å².